The van der Waals surface area contributed by atoms with Crippen LogP contribution >= 0.6 is 0 Å². The van der Waals surface area contributed by atoms with E-state index in [0.717, 1.165) is 0 Å². The van der Waals surface area contributed by atoms with Crippen LogP contribution in [-0.2, 0) is 4.74 Å². The number of carboxylic acids is 1. The van der Waals surface area contributed by atoms with Crippen LogP contribution in [0.5, 0.6) is 0 Å². The Morgan fingerprint density at radius 3 is 2.93 bits per heavy atom. The van der Waals surface area contributed by atoms with Gasteiger partial charge in [-0.15, -0.1) is 0 Å². The molecule has 0 atom stereocenters. The van der Waals surface area contributed by atoms with Gasteiger partial charge in [0.25, 0.3) is 0 Å². The van der Waals surface area contributed by atoms with Crippen LogP contribution in [0.3, 0.4) is 0 Å². The highest BCUT2D eigenvalue weighted by Gasteiger charge is 2.19. The van der Waals surface area contributed by atoms with Gasteiger partial charge in [-0.05, 0) is 10.3 Å². The second-order valence-corrected chi connectivity index (χ2v) is 2.28. The molecular formula is C7H7N3O5. The van der Waals surface area contributed by atoms with Gasteiger partial charge in [-0.3, -0.25) is 5.32 Å². The third kappa shape index (κ3) is 2.79. The largest absolute Gasteiger partial charge is 0.476 e. The maximum atomic E-state index is 11.0. The van der Waals surface area contributed by atoms with Crippen molar-refractivity contribution in [2.24, 2.45) is 0 Å². The van der Waals surface area contributed by atoms with E-state index in [1.165, 1.54) is 6.08 Å². The number of aromatic carboxylic acids is 1. The third-order valence-electron chi connectivity index (χ3n) is 1.24. The zero-order valence-electron chi connectivity index (χ0n) is 7.47. The number of amides is 1. The van der Waals surface area contributed by atoms with Gasteiger partial charge in [-0.1, -0.05) is 12.7 Å². The van der Waals surface area contributed by atoms with Gasteiger partial charge in [0.05, 0.1) is 0 Å². The molecule has 0 saturated carbocycles. The Balaban J connectivity index is 2.64. The van der Waals surface area contributed by atoms with Crippen molar-refractivity contribution in [1.29, 1.82) is 0 Å². The minimum absolute atomic E-state index is 0.000478. The zero-order valence-corrected chi connectivity index (χ0v) is 7.47. The predicted molar refractivity (Wildman–Crippen MR) is 46.4 cm³/mol. The van der Waals surface area contributed by atoms with E-state index in [1.54, 1.807) is 0 Å². The first-order chi connectivity index (χ1) is 7.15. The van der Waals surface area contributed by atoms with E-state index in [0.29, 0.717) is 0 Å². The van der Waals surface area contributed by atoms with Crippen LogP contribution in [0.2, 0.25) is 0 Å². The molecule has 0 radical (unpaired) electrons. The number of rotatable bonds is 4. The molecule has 1 heterocycles. The summed E-state index contributed by atoms with van der Waals surface area (Å²) < 4.78 is 8.67. The SMILES string of the molecule is C=CCOC(=O)Nc1nonc1C(=O)O. The van der Waals surface area contributed by atoms with Crippen LogP contribution in [-0.4, -0.2) is 34.1 Å². The average Bonchev–Trinajstić information content (AvgIpc) is 2.62. The molecule has 15 heavy (non-hydrogen) atoms. The molecule has 0 fully saturated rings. The number of hydrogen-bond donors (Lipinski definition) is 2. The maximum Gasteiger partial charge on any atom is 0.413 e. The number of carbonyl (C=O) groups is 2. The predicted octanol–water partition coefficient (Wildman–Crippen LogP) is 0.502. The lowest BCUT2D eigenvalue weighted by molar-refractivity contribution is 0.0686. The monoisotopic (exact) mass is 213 g/mol. The molecule has 0 spiro atoms. The summed E-state index contributed by atoms with van der Waals surface area (Å²) in [4.78, 5) is 21.5. The Kier molecular flexibility index (Phi) is 3.38. The lowest BCUT2D eigenvalue weighted by Crippen LogP contribution is -2.16. The molecule has 80 valence electrons. The quantitative estimate of drug-likeness (QED) is 0.699. The van der Waals surface area contributed by atoms with E-state index in [9.17, 15) is 9.59 Å². The minimum Gasteiger partial charge on any atom is -0.476 e. The van der Waals surface area contributed by atoms with Gasteiger partial charge in [0.15, 0.2) is 0 Å². The lowest BCUT2D eigenvalue weighted by atomic mass is 10.4. The van der Waals surface area contributed by atoms with E-state index in [-0.39, 0.29) is 12.4 Å². The molecule has 1 amide bonds. The fraction of sp³-hybridized carbons (Fsp3) is 0.143. The molecule has 8 nitrogen and oxygen atoms in total. The van der Waals surface area contributed by atoms with Crippen LogP contribution in [0.25, 0.3) is 0 Å². The zero-order chi connectivity index (χ0) is 11.3. The third-order valence-corrected chi connectivity index (χ3v) is 1.24. The Hall–Kier alpha value is -2.38. The average molecular weight is 213 g/mol. The number of hydrogen-bond acceptors (Lipinski definition) is 6. The molecule has 0 aliphatic heterocycles. The Morgan fingerprint density at radius 1 is 1.60 bits per heavy atom. The Bertz CT molecular complexity index is 386. The van der Waals surface area contributed by atoms with E-state index in [4.69, 9.17) is 5.11 Å². The molecule has 2 N–H and O–H groups in total. The molecule has 0 aliphatic rings. The summed E-state index contributed by atoms with van der Waals surface area (Å²) in [5.41, 5.74) is -0.495. The first-order valence-electron chi connectivity index (χ1n) is 3.75. The van der Waals surface area contributed by atoms with E-state index in [1.807, 2.05) is 5.32 Å². The molecule has 0 saturated heterocycles. The van der Waals surface area contributed by atoms with Crippen molar-refractivity contribution in [3.8, 4) is 0 Å². The minimum atomic E-state index is -1.37. The number of anilines is 1. The van der Waals surface area contributed by atoms with Gasteiger partial charge in [0.1, 0.15) is 6.61 Å². The molecule has 1 aromatic heterocycles. The van der Waals surface area contributed by atoms with Crippen LogP contribution in [0.4, 0.5) is 10.6 Å². The second-order valence-electron chi connectivity index (χ2n) is 2.28. The number of ether oxygens (including phenoxy) is 1. The molecule has 1 rings (SSSR count). The second kappa shape index (κ2) is 4.74. The van der Waals surface area contributed by atoms with Crippen LogP contribution < -0.4 is 5.32 Å². The fourth-order valence-corrected chi connectivity index (χ4v) is 0.678. The Morgan fingerprint density at radius 2 is 2.33 bits per heavy atom. The molecular weight excluding hydrogens is 206 g/mol. The normalized spacial score (nSPS) is 9.33. The van der Waals surface area contributed by atoms with Gasteiger partial charge in [-0.25, -0.2) is 14.2 Å². The number of carbonyl (C=O) groups excluding carboxylic acids is 1. The van der Waals surface area contributed by atoms with Crippen molar-refractivity contribution >= 4 is 17.9 Å². The summed E-state index contributed by atoms with van der Waals surface area (Å²) in [6.07, 6.45) is 0.492. The van der Waals surface area contributed by atoms with E-state index < -0.39 is 17.8 Å². The van der Waals surface area contributed by atoms with Gasteiger partial charge in [0.2, 0.25) is 11.5 Å². The highest BCUT2D eigenvalue weighted by atomic mass is 16.6. The van der Waals surface area contributed by atoms with Crippen molar-refractivity contribution in [3.63, 3.8) is 0 Å². The number of aromatic nitrogens is 2. The van der Waals surface area contributed by atoms with Crippen LogP contribution in [0, 0.1) is 0 Å². The summed E-state index contributed by atoms with van der Waals surface area (Å²) in [6.45, 7) is 3.33. The van der Waals surface area contributed by atoms with Gasteiger partial charge in [0, 0.05) is 0 Å². The van der Waals surface area contributed by atoms with Crippen molar-refractivity contribution in [1.82, 2.24) is 10.3 Å². The smallest absolute Gasteiger partial charge is 0.413 e. The van der Waals surface area contributed by atoms with Crippen molar-refractivity contribution in [2.75, 3.05) is 11.9 Å². The summed E-state index contributed by atoms with van der Waals surface area (Å²) in [6, 6.07) is 0. The summed E-state index contributed by atoms with van der Waals surface area (Å²) in [5.74, 6) is -1.67. The molecule has 0 aromatic carbocycles. The Labute approximate surface area is 83.5 Å². The molecule has 8 heteroatoms. The summed E-state index contributed by atoms with van der Waals surface area (Å²) in [5, 5.41) is 16.9. The van der Waals surface area contributed by atoms with Crippen LogP contribution in [0.1, 0.15) is 10.5 Å². The van der Waals surface area contributed by atoms with Crippen molar-refractivity contribution in [3.05, 3.63) is 18.3 Å². The molecule has 0 bridgehead atoms. The molecule has 1 aromatic rings. The standard InChI is InChI=1S/C7H7N3O5/c1-2-3-14-7(13)8-5-4(6(11)12)9-15-10-5/h2H,1,3H2,(H,11,12)(H,8,10,13). The summed E-state index contributed by atoms with van der Waals surface area (Å²) >= 11 is 0. The number of carboxylic acid groups (broad SMARTS) is 1. The first-order valence-corrected chi connectivity index (χ1v) is 3.75. The lowest BCUT2D eigenvalue weighted by Gasteiger charge is -2.00. The van der Waals surface area contributed by atoms with Gasteiger partial charge < -0.3 is 9.84 Å². The van der Waals surface area contributed by atoms with Gasteiger partial charge in [-0.2, -0.15) is 0 Å². The highest BCUT2D eigenvalue weighted by Crippen LogP contribution is 2.09. The van der Waals surface area contributed by atoms with Gasteiger partial charge >= 0.3 is 12.1 Å². The molecule has 0 aliphatic carbocycles. The summed E-state index contributed by atoms with van der Waals surface area (Å²) in [7, 11) is 0. The molecule has 0 unspecified atom stereocenters. The maximum absolute atomic E-state index is 11.0. The number of nitrogens with one attached hydrogen (secondary N) is 1. The van der Waals surface area contributed by atoms with E-state index in [2.05, 4.69) is 26.3 Å². The highest BCUT2D eigenvalue weighted by molar-refractivity contribution is 5.95. The van der Waals surface area contributed by atoms with Crippen LogP contribution in [0.15, 0.2) is 17.3 Å². The van der Waals surface area contributed by atoms with Crippen molar-refractivity contribution in [2.45, 2.75) is 0 Å². The number of nitrogens with zero attached hydrogens (tertiary/aromatic N) is 2. The first kappa shape index (κ1) is 10.7. The topological polar surface area (TPSA) is 115 Å². The van der Waals surface area contributed by atoms with E-state index >= 15 is 0 Å². The fourth-order valence-electron chi connectivity index (χ4n) is 0.678. The van der Waals surface area contributed by atoms with Crippen molar-refractivity contribution < 1.29 is 24.1 Å².